The van der Waals surface area contributed by atoms with E-state index in [-0.39, 0.29) is 18.4 Å². The number of nitrogens with one attached hydrogen (secondary N) is 1. The molecule has 1 heterocycles. The van der Waals surface area contributed by atoms with E-state index in [1.54, 1.807) is 29.2 Å². The molecule has 2 amide bonds. The third-order valence-electron chi connectivity index (χ3n) is 5.11. The Bertz CT molecular complexity index is 913. The van der Waals surface area contributed by atoms with E-state index in [0.29, 0.717) is 44.0 Å². The summed E-state index contributed by atoms with van der Waals surface area (Å²) < 4.78 is 5.52. The zero-order valence-corrected chi connectivity index (χ0v) is 17.1. The second-order valence-electron chi connectivity index (χ2n) is 7.14. The third kappa shape index (κ3) is 5.82. The van der Waals surface area contributed by atoms with Crippen molar-refractivity contribution in [3.05, 3.63) is 59.7 Å². The number of hydrogen-bond acceptors (Lipinski definition) is 5. The highest BCUT2D eigenvalue weighted by Gasteiger charge is 2.23. The maximum Gasteiger partial charge on any atom is 0.260 e. The summed E-state index contributed by atoms with van der Waals surface area (Å²) in [4.78, 5) is 28.6. The summed E-state index contributed by atoms with van der Waals surface area (Å²) in [5.41, 5.74) is 2.52. The molecule has 0 radical (unpaired) electrons. The van der Waals surface area contributed by atoms with Crippen LogP contribution in [0.5, 0.6) is 5.75 Å². The highest BCUT2D eigenvalue weighted by atomic mass is 16.5. The molecule has 7 heteroatoms. The first kappa shape index (κ1) is 21.3. The Morgan fingerprint density at radius 2 is 1.77 bits per heavy atom. The van der Waals surface area contributed by atoms with Crippen molar-refractivity contribution in [2.24, 2.45) is 0 Å². The molecule has 0 saturated carbocycles. The molecule has 0 spiro atoms. The second kappa shape index (κ2) is 10.4. The second-order valence-corrected chi connectivity index (χ2v) is 7.14. The number of piperazine rings is 1. The summed E-state index contributed by atoms with van der Waals surface area (Å²) in [6, 6.07) is 16.5. The van der Waals surface area contributed by atoms with Crippen LogP contribution >= 0.6 is 0 Å². The van der Waals surface area contributed by atoms with Gasteiger partial charge < -0.3 is 15.0 Å². The molecule has 1 N–H and O–H groups in total. The number of nitriles is 1. The van der Waals surface area contributed by atoms with Gasteiger partial charge >= 0.3 is 0 Å². The van der Waals surface area contributed by atoms with Crippen LogP contribution in [0.2, 0.25) is 0 Å². The van der Waals surface area contributed by atoms with Gasteiger partial charge in [0.2, 0.25) is 5.91 Å². The predicted molar refractivity (Wildman–Crippen MR) is 114 cm³/mol. The molecule has 1 fully saturated rings. The Morgan fingerprint density at radius 1 is 1.07 bits per heavy atom. The lowest BCUT2D eigenvalue weighted by Crippen LogP contribution is -2.51. The molecule has 1 aliphatic rings. The minimum Gasteiger partial charge on any atom is -0.484 e. The van der Waals surface area contributed by atoms with Gasteiger partial charge in [0, 0.05) is 31.9 Å². The van der Waals surface area contributed by atoms with Crippen LogP contribution in [0.4, 0.5) is 5.69 Å². The molecule has 30 heavy (non-hydrogen) atoms. The summed E-state index contributed by atoms with van der Waals surface area (Å²) in [5, 5.41) is 11.8. The monoisotopic (exact) mass is 406 g/mol. The summed E-state index contributed by atoms with van der Waals surface area (Å²) in [5.74, 6) is 0.435. The van der Waals surface area contributed by atoms with E-state index < -0.39 is 0 Å². The fourth-order valence-corrected chi connectivity index (χ4v) is 3.36. The van der Waals surface area contributed by atoms with E-state index in [9.17, 15) is 9.59 Å². The average molecular weight is 406 g/mol. The number of nitrogens with zero attached hydrogens (tertiary/aromatic N) is 3. The van der Waals surface area contributed by atoms with Crippen molar-refractivity contribution in [1.82, 2.24) is 9.80 Å². The van der Waals surface area contributed by atoms with Crippen LogP contribution in [0.25, 0.3) is 0 Å². The SMILES string of the molecule is CCc1ccccc1NC(=O)CN1CCN(C(=O)COc2ccc(C#N)cc2)CC1. The fourth-order valence-electron chi connectivity index (χ4n) is 3.36. The van der Waals surface area contributed by atoms with Gasteiger partial charge in [-0.1, -0.05) is 25.1 Å². The Hall–Kier alpha value is -3.37. The number of rotatable bonds is 7. The number of carbonyl (C=O) groups excluding carboxylic acids is 2. The number of amides is 2. The van der Waals surface area contributed by atoms with Crippen molar-refractivity contribution >= 4 is 17.5 Å². The lowest BCUT2D eigenvalue weighted by Gasteiger charge is -2.34. The standard InChI is InChI=1S/C23H26N4O3/c1-2-19-5-3-4-6-21(19)25-22(28)16-26-11-13-27(14-12-26)23(29)17-30-20-9-7-18(15-24)8-10-20/h3-10H,2,11-14,16-17H2,1H3,(H,25,28). The summed E-state index contributed by atoms with van der Waals surface area (Å²) in [7, 11) is 0. The van der Waals surface area contributed by atoms with E-state index in [2.05, 4.69) is 17.1 Å². The van der Waals surface area contributed by atoms with E-state index in [1.165, 1.54) is 0 Å². The number of aryl methyl sites for hydroxylation is 1. The van der Waals surface area contributed by atoms with Crippen LogP contribution in [0, 0.1) is 11.3 Å². The van der Waals surface area contributed by atoms with Gasteiger partial charge in [-0.05, 0) is 42.3 Å². The molecule has 0 unspecified atom stereocenters. The normalized spacial score (nSPS) is 14.1. The smallest absolute Gasteiger partial charge is 0.260 e. The lowest BCUT2D eigenvalue weighted by atomic mass is 10.1. The fraction of sp³-hybridized carbons (Fsp3) is 0.348. The van der Waals surface area contributed by atoms with Gasteiger partial charge in [0.25, 0.3) is 5.91 Å². The minimum atomic E-state index is -0.0830. The number of anilines is 1. The van der Waals surface area contributed by atoms with Gasteiger partial charge in [0.05, 0.1) is 18.2 Å². The summed E-state index contributed by atoms with van der Waals surface area (Å²) in [6.07, 6.45) is 0.863. The van der Waals surface area contributed by atoms with Gasteiger partial charge in [-0.3, -0.25) is 14.5 Å². The first-order valence-corrected chi connectivity index (χ1v) is 10.1. The van der Waals surface area contributed by atoms with Crippen molar-refractivity contribution in [2.75, 3.05) is 44.6 Å². The van der Waals surface area contributed by atoms with Crippen molar-refractivity contribution < 1.29 is 14.3 Å². The zero-order chi connectivity index (χ0) is 21.3. The van der Waals surface area contributed by atoms with Crippen LogP contribution in [0.15, 0.2) is 48.5 Å². The van der Waals surface area contributed by atoms with Gasteiger partial charge in [-0.25, -0.2) is 0 Å². The quantitative estimate of drug-likeness (QED) is 0.763. The van der Waals surface area contributed by atoms with Gasteiger partial charge in [-0.15, -0.1) is 0 Å². The Morgan fingerprint density at radius 3 is 2.43 bits per heavy atom. The first-order valence-electron chi connectivity index (χ1n) is 10.1. The van der Waals surface area contributed by atoms with Crippen LogP contribution in [-0.4, -0.2) is 60.9 Å². The van der Waals surface area contributed by atoms with Crippen LogP contribution in [-0.2, 0) is 16.0 Å². The number of ether oxygens (including phenoxy) is 1. The van der Waals surface area contributed by atoms with E-state index in [0.717, 1.165) is 17.7 Å². The van der Waals surface area contributed by atoms with Crippen molar-refractivity contribution in [3.8, 4) is 11.8 Å². The number of benzene rings is 2. The molecular weight excluding hydrogens is 380 g/mol. The maximum absolute atomic E-state index is 12.4. The van der Waals surface area contributed by atoms with Crippen LogP contribution < -0.4 is 10.1 Å². The minimum absolute atomic E-state index is 0.0415. The molecule has 0 aliphatic carbocycles. The third-order valence-corrected chi connectivity index (χ3v) is 5.11. The topological polar surface area (TPSA) is 85.7 Å². The molecule has 2 aromatic carbocycles. The lowest BCUT2D eigenvalue weighted by molar-refractivity contribution is -0.135. The summed E-state index contributed by atoms with van der Waals surface area (Å²) >= 11 is 0. The molecule has 156 valence electrons. The molecule has 1 aliphatic heterocycles. The zero-order valence-electron chi connectivity index (χ0n) is 17.1. The Kier molecular flexibility index (Phi) is 7.41. The molecule has 0 atom stereocenters. The highest BCUT2D eigenvalue weighted by Crippen LogP contribution is 2.16. The Labute approximate surface area is 176 Å². The molecular formula is C23H26N4O3. The number of hydrogen-bond donors (Lipinski definition) is 1. The van der Waals surface area contributed by atoms with Crippen LogP contribution in [0.1, 0.15) is 18.1 Å². The first-order chi connectivity index (χ1) is 14.6. The molecule has 3 rings (SSSR count). The van der Waals surface area contributed by atoms with Gasteiger partial charge in [-0.2, -0.15) is 5.26 Å². The largest absolute Gasteiger partial charge is 0.484 e. The maximum atomic E-state index is 12.4. The molecule has 0 bridgehead atoms. The molecule has 7 nitrogen and oxygen atoms in total. The van der Waals surface area contributed by atoms with Crippen molar-refractivity contribution in [1.29, 1.82) is 5.26 Å². The number of carbonyl (C=O) groups is 2. The molecule has 0 aromatic heterocycles. The molecule has 1 saturated heterocycles. The van der Waals surface area contributed by atoms with Crippen LogP contribution in [0.3, 0.4) is 0 Å². The highest BCUT2D eigenvalue weighted by molar-refractivity contribution is 5.93. The van der Waals surface area contributed by atoms with E-state index in [4.69, 9.17) is 10.00 Å². The summed E-state index contributed by atoms with van der Waals surface area (Å²) in [6.45, 7) is 4.74. The predicted octanol–water partition coefficient (Wildman–Crippen LogP) is 2.28. The Balaban J connectivity index is 1.41. The van der Waals surface area contributed by atoms with Crippen molar-refractivity contribution in [3.63, 3.8) is 0 Å². The van der Waals surface area contributed by atoms with E-state index in [1.807, 2.05) is 30.3 Å². The van der Waals surface area contributed by atoms with Crippen molar-refractivity contribution in [2.45, 2.75) is 13.3 Å². The van der Waals surface area contributed by atoms with Gasteiger partial charge in [0.15, 0.2) is 6.61 Å². The van der Waals surface area contributed by atoms with E-state index >= 15 is 0 Å². The average Bonchev–Trinajstić information content (AvgIpc) is 2.78. The number of para-hydroxylation sites is 1. The molecule has 2 aromatic rings. The van der Waals surface area contributed by atoms with Gasteiger partial charge in [0.1, 0.15) is 5.75 Å².